The molecule has 1 aliphatic carbocycles. The molecule has 0 saturated heterocycles. The molecule has 0 N–H and O–H groups in total. The van der Waals surface area contributed by atoms with Crippen LogP contribution in [-0.2, 0) is 31.1 Å². The maximum atomic E-state index is 6.81. The molecule has 0 bridgehead atoms. The highest BCUT2D eigenvalue weighted by Crippen LogP contribution is 2.58. The molecule has 4 aromatic carbocycles. The fraction of sp³-hybridized carbons (Fsp3) is 0.529. The van der Waals surface area contributed by atoms with E-state index in [1.807, 2.05) is 0 Å². The lowest BCUT2D eigenvalue weighted by molar-refractivity contribution is 0.302. The Bertz CT molecular complexity index is 1590. The van der Waals surface area contributed by atoms with Gasteiger partial charge in [0.2, 0.25) is 0 Å². The summed E-state index contributed by atoms with van der Waals surface area (Å²) >= 11 is 0. The van der Waals surface area contributed by atoms with E-state index in [1.54, 1.807) is 0 Å². The van der Waals surface area contributed by atoms with Gasteiger partial charge >= 0.3 is 0 Å². The quantitative estimate of drug-likeness (QED) is 0.0665. The van der Waals surface area contributed by atoms with Crippen molar-refractivity contribution in [3.8, 4) is 22.6 Å². The largest absolute Gasteiger partial charge is 0.493 e. The third-order valence-corrected chi connectivity index (χ3v) is 11.5. The molecule has 2 nitrogen and oxygen atoms in total. The van der Waals surface area contributed by atoms with Crippen molar-refractivity contribution in [3.63, 3.8) is 0 Å². The number of aryl methyl sites for hydroxylation is 6. The van der Waals surface area contributed by atoms with E-state index < -0.39 is 5.41 Å². The molecule has 0 amide bonds. The van der Waals surface area contributed by atoms with Crippen molar-refractivity contribution >= 4 is 0 Å². The van der Waals surface area contributed by atoms with Crippen LogP contribution in [0.3, 0.4) is 0 Å². The van der Waals surface area contributed by atoms with Crippen LogP contribution in [0.2, 0.25) is 0 Å². The van der Waals surface area contributed by atoms with Gasteiger partial charge in [0.1, 0.15) is 11.5 Å². The van der Waals surface area contributed by atoms with E-state index >= 15 is 0 Å². The van der Waals surface area contributed by atoms with Crippen molar-refractivity contribution in [2.75, 3.05) is 13.2 Å². The van der Waals surface area contributed by atoms with Crippen molar-refractivity contribution in [1.82, 2.24) is 0 Å². The lowest BCUT2D eigenvalue weighted by Gasteiger charge is -2.36. The zero-order valence-corrected chi connectivity index (χ0v) is 34.8. The molecule has 286 valence electrons. The van der Waals surface area contributed by atoms with E-state index in [-0.39, 0.29) is 0 Å². The number of fused-ring (bicyclic) bond motifs is 3. The van der Waals surface area contributed by atoms with E-state index in [1.165, 1.54) is 92.4 Å². The van der Waals surface area contributed by atoms with Gasteiger partial charge in [0, 0.05) is 0 Å². The van der Waals surface area contributed by atoms with Crippen LogP contribution in [0, 0.1) is 13.8 Å². The third kappa shape index (κ3) is 8.90. The monoisotopic (exact) mass is 715 g/mol. The Hall–Kier alpha value is -3.52. The fourth-order valence-corrected chi connectivity index (χ4v) is 8.50. The molecule has 0 unspecified atom stereocenters. The first-order valence-corrected chi connectivity index (χ1v) is 21.7. The second-order valence-electron chi connectivity index (χ2n) is 15.9. The summed E-state index contributed by atoms with van der Waals surface area (Å²) < 4.78 is 13.6. The molecule has 0 radical (unpaired) electrons. The zero-order chi connectivity index (χ0) is 37.8. The van der Waals surface area contributed by atoms with E-state index in [9.17, 15) is 0 Å². The predicted octanol–water partition coefficient (Wildman–Crippen LogP) is 14.4. The van der Waals surface area contributed by atoms with Crippen molar-refractivity contribution in [1.29, 1.82) is 0 Å². The minimum absolute atomic E-state index is 0.462. The van der Waals surface area contributed by atoms with Gasteiger partial charge in [0.15, 0.2) is 0 Å². The Morgan fingerprint density at radius 3 is 1.04 bits per heavy atom. The van der Waals surface area contributed by atoms with Crippen LogP contribution in [0.1, 0.15) is 174 Å². The van der Waals surface area contributed by atoms with Gasteiger partial charge in [-0.3, -0.25) is 0 Å². The molecule has 1 aliphatic rings. The zero-order valence-electron chi connectivity index (χ0n) is 34.8. The number of benzene rings is 4. The number of ether oxygens (including phenoxy) is 2. The molecule has 0 aliphatic heterocycles. The molecule has 0 spiro atoms. The first-order chi connectivity index (χ1) is 25.9. The van der Waals surface area contributed by atoms with Crippen LogP contribution in [0.4, 0.5) is 0 Å². The van der Waals surface area contributed by atoms with E-state index in [0.717, 1.165) is 102 Å². The number of hydrogen-bond acceptors (Lipinski definition) is 2. The van der Waals surface area contributed by atoms with E-state index in [2.05, 4.69) is 116 Å². The Kier molecular flexibility index (Phi) is 15.1. The number of unbranched alkanes of at least 4 members (excludes halogenated alkanes) is 6. The standard InChI is InChI=1S/C51H70O2/c1-9-15-21-39-33-43(34-40(22-16-10-2)49(39)52-29-19-13-5)51(47-31-37(7)25-27-45(47)46-28-26-38(8)32-48(46)51)44-35-41(23-17-11-3)50(53-30-20-14-6)42(36-44)24-18-12-4/h25-28,31-36H,9-24,29-30H2,1-8H3. The number of rotatable bonds is 22. The van der Waals surface area contributed by atoms with Crippen LogP contribution in [0.5, 0.6) is 11.5 Å². The second-order valence-corrected chi connectivity index (χ2v) is 15.9. The average Bonchev–Trinajstić information content (AvgIpc) is 3.44. The molecule has 4 aromatic rings. The molecule has 0 heterocycles. The summed E-state index contributed by atoms with van der Waals surface area (Å²) in [4.78, 5) is 0. The van der Waals surface area contributed by atoms with Gasteiger partial charge in [-0.15, -0.1) is 0 Å². The Morgan fingerprint density at radius 1 is 0.415 bits per heavy atom. The summed E-state index contributed by atoms with van der Waals surface area (Å²) in [5.74, 6) is 2.33. The molecular formula is C51H70O2. The van der Waals surface area contributed by atoms with Gasteiger partial charge in [-0.05, 0) is 134 Å². The second kappa shape index (κ2) is 19.7. The fourth-order valence-electron chi connectivity index (χ4n) is 8.50. The highest BCUT2D eigenvalue weighted by atomic mass is 16.5. The lowest BCUT2D eigenvalue weighted by Crippen LogP contribution is -2.30. The van der Waals surface area contributed by atoms with Gasteiger partial charge in [0.25, 0.3) is 0 Å². The molecule has 0 fully saturated rings. The molecular weight excluding hydrogens is 645 g/mol. The summed E-state index contributed by atoms with van der Waals surface area (Å²) in [6, 6.07) is 24.8. The summed E-state index contributed by atoms with van der Waals surface area (Å²) in [6.07, 6.45) is 17.9. The first-order valence-electron chi connectivity index (χ1n) is 21.7. The molecule has 0 saturated carbocycles. The van der Waals surface area contributed by atoms with Gasteiger partial charge in [-0.1, -0.05) is 152 Å². The van der Waals surface area contributed by atoms with Crippen LogP contribution < -0.4 is 9.47 Å². The van der Waals surface area contributed by atoms with Crippen LogP contribution in [-0.4, -0.2) is 13.2 Å². The highest BCUT2D eigenvalue weighted by molar-refractivity contribution is 5.87. The minimum atomic E-state index is -0.462. The smallest absolute Gasteiger partial charge is 0.125 e. The molecule has 0 atom stereocenters. The van der Waals surface area contributed by atoms with E-state index in [0.29, 0.717) is 0 Å². The predicted molar refractivity (Wildman–Crippen MR) is 228 cm³/mol. The molecule has 0 aromatic heterocycles. The number of hydrogen-bond donors (Lipinski definition) is 0. The van der Waals surface area contributed by atoms with Crippen LogP contribution >= 0.6 is 0 Å². The van der Waals surface area contributed by atoms with Gasteiger partial charge in [-0.25, -0.2) is 0 Å². The first kappa shape index (κ1) is 40.7. The van der Waals surface area contributed by atoms with Crippen molar-refractivity contribution in [2.45, 2.75) is 164 Å². The maximum absolute atomic E-state index is 6.81. The normalized spacial score (nSPS) is 12.9. The van der Waals surface area contributed by atoms with Crippen LogP contribution in [0.25, 0.3) is 11.1 Å². The van der Waals surface area contributed by atoms with Crippen molar-refractivity contribution < 1.29 is 9.47 Å². The molecule has 5 rings (SSSR count). The SMILES string of the molecule is CCCCOc1c(CCCC)cc(C2(c3cc(CCCC)c(OCCCC)c(CCCC)c3)c3cc(C)ccc3-c3ccc(C)cc32)cc1CCCC. The maximum Gasteiger partial charge on any atom is 0.125 e. The van der Waals surface area contributed by atoms with Gasteiger partial charge < -0.3 is 9.47 Å². The van der Waals surface area contributed by atoms with Gasteiger partial charge in [0.05, 0.1) is 18.6 Å². The summed E-state index contributed by atoms with van der Waals surface area (Å²) in [5, 5.41) is 0. The summed E-state index contributed by atoms with van der Waals surface area (Å²) in [6.45, 7) is 19.9. The Morgan fingerprint density at radius 2 is 0.736 bits per heavy atom. The summed E-state index contributed by atoms with van der Waals surface area (Å²) in [7, 11) is 0. The average molecular weight is 715 g/mol. The van der Waals surface area contributed by atoms with Gasteiger partial charge in [-0.2, -0.15) is 0 Å². The van der Waals surface area contributed by atoms with E-state index in [4.69, 9.17) is 9.47 Å². The Balaban J connectivity index is 1.93. The minimum Gasteiger partial charge on any atom is -0.493 e. The van der Waals surface area contributed by atoms with Crippen molar-refractivity contribution in [2.24, 2.45) is 0 Å². The topological polar surface area (TPSA) is 18.5 Å². The highest BCUT2D eigenvalue weighted by Gasteiger charge is 2.47. The lowest BCUT2D eigenvalue weighted by atomic mass is 9.65. The molecule has 2 heteroatoms. The third-order valence-electron chi connectivity index (χ3n) is 11.5. The Labute approximate surface area is 324 Å². The summed E-state index contributed by atoms with van der Waals surface area (Å²) in [5.41, 5.74) is 16.1. The molecule has 53 heavy (non-hydrogen) atoms. The van der Waals surface area contributed by atoms with Crippen LogP contribution in [0.15, 0.2) is 60.7 Å². The van der Waals surface area contributed by atoms with Crippen molar-refractivity contribution in [3.05, 3.63) is 116 Å².